The van der Waals surface area contributed by atoms with Crippen LogP contribution in [-0.2, 0) is 4.79 Å². The number of carbonyl (C=O) groups excluding carboxylic acids is 1. The van der Waals surface area contributed by atoms with Gasteiger partial charge in [-0.05, 0) is 30.5 Å². The third-order valence-electron chi connectivity index (χ3n) is 3.24. The van der Waals surface area contributed by atoms with Crippen molar-refractivity contribution >= 4 is 5.91 Å². The van der Waals surface area contributed by atoms with Crippen LogP contribution in [0.4, 0.5) is 0 Å². The largest absolute Gasteiger partial charge is 0.508 e. The highest BCUT2D eigenvalue weighted by molar-refractivity contribution is 5.83. The lowest BCUT2D eigenvalue weighted by atomic mass is 10.1. The summed E-state index contributed by atoms with van der Waals surface area (Å²) in [5.41, 5.74) is 6.59. The van der Waals surface area contributed by atoms with E-state index in [2.05, 4.69) is 5.32 Å². The van der Waals surface area contributed by atoms with Crippen molar-refractivity contribution in [2.45, 2.75) is 37.8 Å². The molecular weight excluding hydrogens is 216 g/mol. The number of carbonyl (C=O) groups is 1. The van der Waals surface area contributed by atoms with E-state index in [1.165, 1.54) is 25.0 Å². The highest BCUT2D eigenvalue weighted by Crippen LogP contribution is 2.19. The van der Waals surface area contributed by atoms with Gasteiger partial charge in [0.2, 0.25) is 5.91 Å². The first-order valence-corrected chi connectivity index (χ1v) is 6.01. The molecule has 4 heteroatoms. The van der Waals surface area contributed by atoms with Crippen molar-refractivity contribution in [2.24, 2.45) is 5.73 Å². The van der Waals surface area contributed by atoms with Crippen molar-refractivity contribution in [3.63, 3.8) is 0 Å². The molecule has 1 unspecified atom stereocenters. The second-order valence-corrected chi connectivity index (χ2v) is 4.56. The first kappa shape index (κ1) is 11.9. The fourth-order valence-corrected chi connectivity index (χ4v) is 2.19. The minimum absolute atomic E-state index is 0.136. The van der Waals surface area contributed by atoms with Gasteiger partial charge in [-0.25, -0.2) is 0 Å². The lowest BCUT2D eigenvalue weighted by Crippen LogP contribution is -2.39. The SMILES string of the molecule is NC(C(=O)NC1CCCC1)c1ccc(O)cc1. The number of nitrogens with two attached hydrogens (primary N) is 1. The predicted octanol–water partition coefficient (Wildman–Crippen LogP) is 1.45. The Kier molecular flexibility index (Phi) is 3.64. The zero-order valence-corrected chi connectivity index (χ0v) is 9.73. The first-order chi connectivity index (χ1) is 8.16. The molecule has 1 aliphatic carbocycles. The van der Waals surface area contributed by atoms with E-state index in [4.69, 9.17) is 10.8 Å². The van der Waals surface area contributed by atoms with Crippen LogP contribution >= 0.6 is 0 Å². The van der Waals surface area contributed by atoms with Crippen molar-refractivity contribution in [3.8, 4) is 5.75 Å². The Morgan fingerprint density at radius 2 is 1.88 bits per heavy atom. The molecule has 92 valence electrons. The number of phenols is 1. The second-order valence-electron chi connectivity index (χ2n) is 4.56. The van der Waals surface area contributed by atoms with E-state index in [0.717, 1.165) is 18.4 Å². The molecule has 1 atom stereocenters. The van der Waals surface area contributed by atoms with Gasteiger partial charge in [-0.3, -0.25) is 4.79 Å². The van der Waals surface area contributed by atoms with Gasteiger partial charge in [0, 0.05) is 6.04 Å². The summed E-state index contributed by atoms with van der Waals surface area (Å²) < 4.78 is 0. The highest BCUT2D eigenvalue weighted by atomic mass is 16.3. The molecule has 0 spiro atoms. The van der Waals surface area contributed by atoms with Crippen LogP contribution < -0.4 is 11.1 Å². The van der Waals surface area contributed by atoms with Crippen LogP contribution in [0, 0.1) is 0 Å². The van der Waals surface area contributed by atoms with Gasteiger partial charge in [-0.2, -0.15) is 0 Å². The Labute approximate surface area is 101 Å². The maximum absolute atomic E-state index is 11.9. The molecule has 1 amide bonds. The van der Waals surface area contributed by atoms with Crippen molar-refractivity contribution in [2.75, 3.05) is 0 Å². The summed E-state index contributed by atoms with van der Waals surface area (Å²) in [7, 11) is 0. The maximum Gasteiger partial charge on any atom is 0.241 e. The van der Waals surface area contributed by atoms with Gasteiger partial charge >= 0.3 is 0 Å². The number of hydrogen-bond acceptors (Lipinski definition) is 3. The number of nitrogens with one attached hydrogen (secondary N) is 1. The smallest absolute Gasteiger partial charge is 0.241 e. The van der Waals surface area contributed by atoms with Gasteiger partial charge in [0.1, 0.15) is 11.8 Å². The zero-order chi connectivity index (χ0) is 12.3. The van der Waals surface area contributed by atoms with Crippen molar-refractivity contribution in [1.29, 1.82) is 0 Å². The average Bonchev–Trinajstić information content (AvgIpc) is 2.82. The van der Waals surface area contributed by atoms with Gasteiger partial charge in [0.05, 0.1) is 0 Å². The number of amides is 1. The molecule has 1 aromatic rings. The van der Waals surface area contributed by atoms with Crippen LogP contribution in [-0.4, -0.2) is 17.1 Å². The van der Waals surface area contributed by atoms with Gasteiger partial charge in [0.15, 0.2) is 0 Å². The Bertz CT molecular complexity index is 383. The number of phenolic OH excluding ortho intramolecular Hbond substituents is 1. The van der Waals surface area contributed by atoms with Gasteiger partial charge in [-0.1, -0.05) is 25.0 Å². The minimum Gasteiger partial charge on any atom is -0.508 e. The van der Waals surface area contributed by atoms with Gasteiger partial charge < -0.3 is 16.2 Å². The highest BCUT2D eigenvalue weighted by Gasteiger charge is 2.21. The molecule has 1 fully saturated rings. The fraction of sp³-hybridized carbons (Fsp3) is 0.462. The van der Waals surface area contributed by atoms with E-state index < -0.39 is 6.04 Å². The molecule has 0 saturated heterocycles. The molecule has 2 rings (SSSR count). The van der Waals surface area contributed by atoms with E-state index in [1.54, 1.807) is 12.1 Å². The monoisotopic (exact) mass is 234 g/mol. The summed E-state index contributed by atoms with van der Waals surface area (Å²) in [5, 5.41) is 12.1. The fourth-order valence-electron chi connectivity index (χ4n) is 2.19. The number of hydrogen-bond donors (Lipinski definition) is 3. The second kappa shape index (κ2) is 5.19. The molecule has 0 radical (unpaired) electrons. The summed E-state index contributed by atoms with van der Waals surface area (Å²) in [5.74, 6) is 0.0414. The van der Waals surface area contributed by atoms with Crippen molar-refractivity contribution < 1.29 is 9.90 Å². The van der Waals surface area contributed by atoms with E-state index in [-0.39, 0.29) is 17.7 Å². The van der Waals surface area contributed by atoms with Crippen LogP contribution in [0.25, 0.3) is 0 Å². The molecule has 17 heavy (non-hydrogen) atoms. The molecule has 4 nitrogen and oxygen atoms in total. The molecule has 0 aromatic heterocycles. The van der Waals surface area contributed by atoms with Crippen molar-refractivity contribution in [3.05, 3.63) is 29.8 Å². The lowest BCUT2D eigenvalue weighted by molar-refractivity contribution is -0.123. The number of aromatic hydroxyl groups is 1. The molecule has 1 saturated carbocycles. The zero-order valence-electron chi connectivity index (χ0n) is 9.73. The van der Waals surface area contributed by atoms with Crippen LogP contribution in [0.15, 0.2) is 24.3 Å². The maximum atomic E-state index is 11.9. The normalized spacial score (nSPS) is 17.9. The molecule has 0 aliphatic heterocycles. The molecule has 0 heterocycles. The number of benzene rings is 1. The van der Waals surface area contributed by atoms with Crippen LogP contribution in [0.3, 0.4) is 0 Å². The molecule has 1 aromatic carbocycles. The van der Waals surface area contributed by atoms with E-state index >= 15 is 0 Å². The topological polar surface area (TPSA) is 75.4 Å². The summed E-state index contributed by atoms with van der Waals surface area (Å²) in [6, 6.07) is 6.06. The Balaban J connectivity index is 1.96. The van der Waals surface area contributed by atoms with Crippen LogP contribution in [0.5, 0.6) is 5.75 Å². The predicted molar refractivity (Wildman–Crippen MR) is 65.4 cm³/mol. The summed E-state index contributed by atoms with van der Waals surface area (Å²) in [6.45, 7) is 0. The minimum atomic E-state index is -0.656. The Morgan fingerprint density at radius 1 is 1.29 bits per heavy atom. The first-order valence-electron chi connectivity index (χ1n) is 6.01. The van der Waals surface area contributed by atoms with Crippen LogP contribution in [0.1, 0.15) is 37.3 Å². The van der Waals surface area contributed by atoms with Crippen molar-refractivity contribution in [1.82, 2.24) is 5.32 Å². The van der Waals surface area contributed by atoms with E-state index in [0.29, 0.717) is 0 Å². The Morgan fingerprint density at radius 3 is 2.47 bits per heavy atom. The summed E-state index contributed by atoms with van der Waals surface area (Å²) in [6.07, 6.45) is 4.46. The van der Waals surface area contributed by atoms with Crippen LogP contribution in [0.2, 0.25) is 0 Å². The molecular formula is C13H18N2O2. The van der Waals surface area contributed by atoms with E-state index in [1.807, 2.05) is 0 Å². The summed E-state index contributed by atoms with van der Waals surface area (Å²) >= 11 is 0. The molecule has 1 aliphatic rings. The quantitative estimate of drug-likeness (QED) is 0.741. The number of rotatable bonds is 3. The average molecular weight is 234 g/mol. The molecule has 4 N–H and O–H groups in total. The summed E-state index contributed by atoms with van der Waals surface area (Å²) in [4.78, 5) is 11.9. The van der Waals surface area contributed by atoms with Gasteiger partial charge in [0.25, 0.3) is 0 Å². The third kappa shape index (κ3) is 2.97. The third-order valence-corrected chi connectivity index (χ3v) is 3.24. The standard InChI is InChI=1S/C13H18N2O2/c14-12(9-5-7-11(16)8-6-9)13(17)15-10-3-1-2-4-10/h5-8,10,12,16H,1-4,14H2,(H,15,17). The Hall–Kier alpha value is -1.55. The lowest BCUT2D eigenvalue weighted by Gasteiger charge is -2.16. The van der Waals surface area contributed by atoms with Gasteiger partial charge in [-0.15, -0.1) is 0 Å². The molecule has 0 bridgehead atoms. The van der Waals surface area contributed by atoms with E-state index in [9.17, 15) is 4.79 Å².